The number of rotatable bonds is 5. The third-order valence-electron chi connectivity index (χ3n) is 6.64. The Kier molecular flexibility index (Phi) is 6.65. The van der Waals surface area contributed by atoms with Gasteiger partial charge in [-0.25, -0.2) is 4.90 Å². The van der Waals surface area contributed by atoms with Crippen LogP contribution >= 0.6 is 23.2 Å². The summed E-state index contributed by atoms with van der Waals surface area (Å²) in [5.74, 6) is -0.910. The smallest absolute Gasteiger partial charge is 0.283 e. The highest BCUT2D eigenvalue weighted by atomic mass is 35.5. The maximum absolute atomic E-state index is 13.4. The Morgan fingerprint density at radius 1 is 0.743 bits per heavy atom. The molecular weight excluding hydrogens is 481 g/mol. The highest BCUT2D eigenvalue weighted by Crippen LogP contribution is 2.36. The van der Waals surface area contributed by atoms with Crippen molar-refractivity contribution in [1.29, 1.82) is 0 Å². The first-order valence-corrected chi connectivity index (χ1v) is 12.3. The molecule has 1 saturated heterocycles. The second kappa shape index (κ2) is 9.86. The Labute approximate surface area is 215 Å². The van der Waals surface area contributed by atoms with Gasteiger partial charge in [-0.1, -0.05) is 89.9 Å². The molecule has 0 bridgehead atoms. The first kappa shape index (κ1) is 23.6. The monoisotopic (exact) mass is 505 g/mol. The number of benzene rings is 3. The minimum Gasteiger partial charge on any atom is -0.363 e. The Morgan fingerprint density at radius 2 is 1.31 bits per heavy atom. The molecule has 35 heavy (non-hydrogen) atoms. The number of hydrogen-bond acceptors (Lipinski definition) is 4. The molecule has 3 aromatic carbocycles. The van der Waals surface area contributed by atoms with Crippen LogP contribution in [0.5, 0.6) is 0 Å². The van der Waals surface area contributed by atoms with E-state index in [1.165, 1.54) is 11.1 Å². The van der Waals surface area contributed by atoms with Gasteiger partial charge in [-0.3, -0.25) is 14.5 Å². The topological polar surface area (TPSA) is 43.9 Å². The van der Waals surface area contributed by atoms with Crippen molar-refractivity contribution in [1.82, 2.24) is 9.80 Å². The van der Waals surface area contributed by atoms with Crippen molar-refractivity contribution in [3.8, 4) is 0 Å². The van der Waals surface area contributed by atoms with Crippen LogP contribution in [0.4, 0.5) is 5.69 Å². The quantitative estimate of drug-likeness (QED) is 0.436. The number of imide groups is 1. The average molecular weight is 506 g/mol. The fourth-order valence-corrected chi connectivity index (χ4v) is 5.35. The van der Waals surface area contributed by atoms with Gasteiger partial charge in [-0.05, 0) is 35.7 Å². The molecule has 0 atom stereocenters. The molecule has 0 radical (unpaired) electrons. The molecule has 0 aromatic heterocycles. The number of piperazine rings is 1. The van der Waals surface area contributed by atoms with Crippen molar-refractivity contribution in [2.24, 2.45) is 0 Å². The average Bonchev–Trinajstić information content (AvgIpc) is 3.10. The SMILES string of the molecule is Cc1ccc(Cl)cc1N1C(=O)C(Cl)=C(N2CCN(C(c3ccccc3)c3ccccc3)CC2)C1=O. The van der Waals surface area contributed by atoms with Gasteiger partial charge in [0.1, 0.15) is 10.7 Å². The molecule has 2 heterocycles. The molecule has 0 N–H and O–H groups in total. The number of amides is 2. The number of carbonyl (C=O) groups is 2. The molecule has 2 aliphatic rings. The van der Waals surface area contributed by atoms with Crippen molar-refractivity contribution in [2.45, 2.75) is 13.0 Å². The number of aryl methyl sites for hydroxylation is 1. The Hall–Kier alpha value is -3.12. The highest BCUT2D eigenvalue weighted by Gasteiger charge is 2.43. The summed E-state index contributed by atoms with van der Waals surface area (Å²) in [5, 5.41) is 0.419. The van der Waals surface area contributed by atoms with Crippen LogP contribution in [-0.2, 0) is 9.59 Å². The lowest BCUT2D eigenvalue weighted by Gasteiger charge is -2.40. The zero-order chi connectivity index (χ0) is 24.5. The molecule has 2 aliphatic heterocycles. The molecule has 178 valence electrons. The molecule has 2 amide bonds. The molecule has 0 aliphatic carbocycles. The fraction of sp³-hybridized carbons (Fsp3) is 0.214. The number of hydrogen-bond donors (Lipinski definition) is 0. The predicted molar refractivity (Wildman–Crippen MR) is 139 cm³/mol. The molecule has 0 saturated carbocycles. The van der Waals surface area contributed by atoms with Gasteiger partial charge < -0.3 is 4.90 Å². The van der Waals surface area contributed by atoms with Crippen molar-refractivity contribution >= 4 is 40.7 Å². The van der Waals surface area contributed by atoms with E-state index in [4.69, 9.17) is 23.2 Å². The maximum atomic E-state index is 13.4. The van der Waals surface area contributed by atoms with Crippen molar-refractivity contribution < 1.29 is 9.59 Å². The summed E-state index contributed by atoms with van der Waals surface area (Å²) in [4.78, 5) is 31.9. The summed E-state index contributed by atoms with van der Waals surface area (Å²) in [5.41, 5.74) is 3.96. The standard InChI is InChI=1S/C28H25Cl2N3O2/c1-19-12-13-22(29)18-23(19)33-27(34)24(30)26(28(33)35)32-16-14-31(15-17-32)25(20-8-4-2-5-9-20)21-10-6-3-7-11-21/h2-13,18,25H,14-17H2,1H3. The molecule has 5 nitrogen and oxygen atoms in total. The van der Waals surface area contributed by atoms with Gasteiger partial charge in [0.05, 0.1) is 11.7 Å². The first-order valence-electron chi connectivity index (χ1n) is 11.6. The van der Waals surface area contributed by atoms with Crippen molar-refractivity contribution in [3.05, 3.63) is 111 Å². The van der Waals surface area contributed by atoms with Crippen molar-refractivity contribution in [2.75, 3.05) is 31.1 Å². The van der Waals surface area contributed by atoms with E-state index in [2.05, 4.69) is 53.4 Å². The number of anilines is 1. The van der Waals surface area contributed by atoms with Gasteiger partial charge in [0.15, 0.2) is 0 Å². The summed E-state index contributed by atoms with van der Waals surface area (Å²) in [6.45, 7) is 4.45. The van der Waals surface area contributed by atoms with Gasteiger partial charge in [0, 0.05) is 31.2 Å². The Bertz CT molecular complexity index is 1250. The van der Waals surface area contributed by atoms with E-state index >= 15 is 0 Å². The van der Waals surface area contributed by atoms with E-state index in [-0.39, 0.29) is 16.8 Å². The summed E-state index contributed by atoms with van der Waals surface area (Å²) in [7, 11) is 0. The third kappa shape index (κ3) is 4.47. The second-order valence-corrected chi connectivity index (χ2v) is 9.60. The van der Waals surface area contributed by atoms with Crippen LogP contribution in [0.15, 0.2) is 89.6 Å². The zero-order valence-corrected chi connectivity index (χ0v) is 20.8. The molecular formula is C28H25Cl2N3O2. The van der Waals surface area contributed by atoms with Gasteiger partial charge in [0.25, 0.3) is 11.8 Å². The Balaban J connectivity index is 1.37. The van der Waals surface area contributed by atoms with Gasteiger partial charge in [-0.2, -0.15) is 0 Å². The summed E-state index contributed by atoms with van der Waals surface area (Å²) >= 11 is 12.6. The van der Waals surface area contributed by atoms with Gasteiger partial charge >= 0.3 is 0 Å². The first-order chi connectivity index (χ1) is 17.0. The zero-order valence-electron chi connectivity index (χ0n) is 19.3. The lowest BCUT2D eigenvalue weighted by molar-refractivity contribution is -0.121. The largest absolute Gasteiger partial charge is 0.363 e. The molecule has 1 fully saturated rings. The number of halogens is 2. The van der Waals surface area contributed by atoms with E-state index in [1.54, 1.807) is 18.2 Å². The second-order valence-electron chi connectivity index (χ2n) is 8.79. The molecule has 0 spiro atoms. The molecule has 3 aromatic rings. The van der Waals surface area contributed by atoms with Crippen LogP contribution < -0.4 is 4.90 Å². The van der Waals surface area contributed by atoms with Crippen LogP contribution in [-0.4, -0.2) is 47.8 Å². The third-order valence-corrected chi connectivity index (χ3v) is 7.22. The van der Waals surface area contributed by atoms with E-state index in [9.17, 15) is 9.59 Å². The maximum Gasteiger partial charge on any atom is 0.283 e. The van der Waals surface area contributed by atoms with E-state index in [1.807, 2.05) is 24.0 Å². The van der Waals surface area contributed by atoms with E-state index < -0.39 is 11.8 Å². The van der Waals surface area contributed by atoms with Gasteiger partial charge in [-0.15, -0.1) is 0 Å². The lowest BCUT2D eigenvalue weighted by Crippen LogP contribution is -2.48. The normalized spacial score (nSPS) is 17.1. The minimum absolute atomic E-state index is 0.0366. The summed E-state index contributed by atoms with van der Waals surface area (Å²) in [6.07, 6.45) is 0. The predicted octanol–water partition coefficient (Wildman–Crippen LogP) is 5.38. The fourth-order valence-electron chi connectivity index (χ4n) is 4.90. The van der Waals surface area contributed by atoms with E-state index in [0.717, 1.165) is 23.6 Å². The van der Waals surface area contributed by atoms with Crippen LogP contribution in [0.3, 0.4) is 0 Å². The molecule has 0 unspecified atom stereocenters. The minimum atomic E-state index is -0.508. The van der Waals surface area contributed by atoms with Crippen LogP contribution in [0.1, 0.15) is 22.7 Å². The van der Waals surface area contributed by atoms with Crippen molar-refractivity contribution in [3.63, 3.8) is 0 Å². The lowest BCUT2D eigenvalue weighted by atomic mass is 9.96. The van der Waals surface area contributed by atoms with Gasteiger partial charge in [0.2, 0.25) is 0 Å². The summed E-state index contributed by atoms with van der Waals surface area (Å²) in [6, 6.07) is 26.1. The molecule has 5 rings (SSSR count). The summed E-state index contributed by atoms with van der Waals surface area (Å²) < 4.78 is 0. The van der Waals surface area contributed by atoms with E-state index in [0.29, 0.717) is 23.8 Å². The number of carbonyl (C=O) groups excluding carboxylic acids is 2. The highest BCUT2D eigenvalue weighted by molar-refractivity contribution is 6.52. The Morgan fingerprint density at radius 3 is 1.89 bits per heavy atom. The van der Waals surface area contributed by atoms with Crippen LogP contribution in [0.25, 0.3) is 0 Å². The van der Waals surface area contributed by atoms with Crippen LogP contribution in [0.2, 0.25) is 5.02 Å². The number of nitrogens with zero attached hydrogens (tertiary/aromatic N) is 3. The van der Waals surface area contributed by atoms with Crippen LogP contribution in [0, 0.1) is 6.92 Å². The molecule has 7 heteroatoms.